The quantitative estimate of drug-likeness (QED) is 0.395. The number of allylic oxidation sites excluding steroid dienone is 8. The van der Waals surface area contributed by atoms with E-state index in [0.29, 0.717) is 0 Å². The van der Waals surface area contributed by atoms with Crippen LogP contribution in [-0.2, 0) is 17.4 Å². The van der Waals surface area contributed by atoms with Gasteiger partial charge in [0.25, 0.3) is 0 Å². The van der Waals surface area contributed by atoms with Crippen LogP contribution in [0.4, 0.5) is 0 Å². The molecule has 156 valence electrons. The fraction of sp³-hybridized carbons (Fsp3) is 0.222. The van der Waals surface area contributed by atoms with Gasteiger partial charge in [-0.15, -0.1) is 24.8 Å². The van der Waals surface area contributed by atoms with Gasteiger partial charge in [0.2, 0.25) is 0 Å². The number of halogens is 2. The van der Waals surface area contributed by atoms with E-state index in [1.165, 1.54) is 33.4 Å². The summed E-state index contributed by atoms with van der Waals surface area (Å²) in [4.78, 5) is 0. The summed E-state index contributed by atoms with van der Waals surface area (Å²) in [5, 5.41) is 0. The van der Waals surface area contributed by atoms with Crippen LogP contribution in [-0.4, -0.2) is 3.81 Å². The molecular weight excluding hydrogens is 443 g/mol. The third-order valence-corrected chi connectivity index (χ3v) is 11.1. The number of rotatable bonds is 4. The van der Waals surface area contributed by atoms with Crippen molar-refractivity contribution in [1.82, 2.24) is 0 Å². The van der Waals surface area contributed by atoms with Crippen molar-refractivity contribution in [2.24, 2.45) is 0 Å². The van der Waals surface area contributed by atoms with Crippen LogP contribution in [0.5, 0.6) is 0 Å². The first-order valence-corrected chi connectivity index (χ1v) is 12.5. The predicted octanol–water partition coefficient (Wildman–Crippen LogP) is 7.97. The molecule has 0 unspecified atom stereocenters. The van der Waals surface area contributed by atoms with E-state index in [4.69, 9.17) is 0 Å². The van der Waals surface area contributed by atoms with Crippen molar-refractivity contribution < 1.29 is 17.4 Å². The van der Waals surface area contributed by atoms with Crippen LogP contribution in [0.3, 0.4) is 0 Å². The summed E-state index contributed by atoms with van der Waals surface area (Å²) in [6.45, 7) is 9.24. The monoisotopic (exact) mass is 472 g/mol. The molecule has 0 bridgehead atoms. The molecule has 0 spiro atoms. The minimum Gasteiger partial charge on any atom is -0.147 e. The molecule has 0 N–H and O–H groups in total. The summed E-state index contributed by atoms with van der Waals surface area (Å²) in [6, 6.07) is 22.3. The van der Waals surface area contributed by atoms with E-state index in [1.807, 2.05) is 0 Å². The van der Waals surface area contributed by atoms with Gasteiger partial charge in [-0.05, 0) is 0 Å². The van der Waals surface area contributed by atoms with Gasteiger partial charge < -0.3 is 0 Å². The second kappa shape index (κ2) is 10.7. The van der Waals surface area contributed by atoms with Crippen LogP contribution in [0.2, 0.25) is 0 Å². The Kier molecular flexibility index (Phi) is 8.89. The van der Waals surface area contributed by atoms with Crippen molar-refractivity contribution >= 4 is 28.6 Å². The van der Waals surface area contributed by atoms with Crippen LogP contribution in [0.15, 0.2) is 103 Å². The van der Waals surface area contributed by atoms with Crippen LogP contribution in [0, 0.1) is 0 Å². The van der Waals surface area contributed by atoms with Gasteiger partial charge in [0.1, 0.15) is 0 Å². The van der Waals surface area contributed by atoms with Crippen molar-refractivity contribution in [3.8, 4) is 0 Å². The van der Waals surface area contributed by atoms with Gasteiger partial charge in [-0.3, -0.25) is 0 Å². The molecule has 0 amide bonds. The third-order valence-electron chi connectivity index (χ3n) is 5.77. The van der Waals surface area contributed by atoms with E-state index in [-0.39, 0.29) is 24.8 Å². The SMILES string of the molecule is CC1=CC(C)=[C]([Ti]([C]2=C(C)C=C(C)C2)=[C](c2ccccc2)c2ccccc2)C1.Cl.Cl. The van der Waals surface area contributed by atoms with Crippen molar-refractivity contribution in [1.29, 1.82) is 0 Å². The Balaban J connectivity index is 0.00000160. The zero-order chi connectivity index (χ0) is 19.7. The normalized spacial score (nSPS) is 15.3. The third kappa shape index (κ3) is 5.06. The zero-order valence-electron chi connectivity index (χ0n) is 18.2. The number of benzene rings is 2. The Hall–Kier alpha value is -1.44. The molecule has 2 aliphatic rings. The van der Waals surface area contributed by atoms with E-state index in [1.54, 1.807) is 11.6 Å². The van der Waals surface area contributed by atoms with E-state index < -0.39 is 17.4 Å². The molecule has 30 heavy (non-hydrogen) atoms. The molecule has 2 aromatic carbocycles. The molecule has 2 aromatic rings. The summed E-state index contributed by atoms with van der Waals surface area (Å²) in [5.74, 6) is 0. The minimum absolute atomic E-state index is 0. The summed E-state index contributed by atoms with van der Waals surface area (Å²) in [5.41, 5.74) is 8.86. The molecular formula is C27H30Cl2Ti. The van der Waals surface area contributed by atoms with Crippen molar-refractivity contribution in [3.63, 3.8) is 0 Å². The summed E-state index contributed by atoms with van der Waals surface area (Å²) in [7, 11) is 0. The molecule has 0 saturated heterocycles. The van der Waals surface area contributed by atoms with Gasteiger partial charge in [0, 0.05) is 0 Å². The minimum atomic E-state index is -1.90. The topological polar surface area (TPSA) is 0 Å². The zero-order valence-corrected chi connectivity index (χ0v) is 21.4. The van der Waals surface area contributed by atoms with Crippen molar-refractivity contribution in [2.75, 3.05) is 0 Å². The average Bonchev–Trinajstić information content (AvgIpc) is 3.20. The summed E-state index contributed by atoms with van der Waals surface area (Å²) in [6.07, 6.45) is 7.14. The van der Waals surface area contributed by atoms with E-state index in [0.717, 1.165) is 12.8 Å². The molecule has 2 aliphatic carbocycles. The first kappa shape index (κ1) is 24.8. The summed E-state index contributed by atoms with van der Waals surface area (Å²) < 4.78 is 5.08. The Morgan fingerprint density at radius 2 is 0.967 bits per heavy atom. The maximum absolute atomic E-state index is 2.42. The predicted molar refractivity (Wildman–Crippen MR) is 133 cm³/mol. The second-order valence-electron chi connectivity index (χ2n) is 8.14. The van der Waals surface area contributed by atoms with Gasteiger partial charge in [0.15, 0.2) is 0 Å². The fourth-order valence-electron chi connectivity index (χ4n) is 4.57. The molecule has 0 fully saturated rings. The van der Waals surface area contributed by atoms with E-state index >= 15 is 0 Å². The maximum atomic E-state index is 2.42. The van der Waals surface area contributed by atoms with Crippen LogP contribution >= 0.6 is 24.8 Å². The van der Waals surface area contributed by atoms with Crippen LogP contribution < -0.4 is 0 Å². The Labute approximate surface area is 199 Å². The number of hydrogen-bond donors (Lipinski definition) is 0. The fourth-order valence-corrected chi connectivity index (χ4v) is 10.4. The molecule has 0 aliphatic heterocycles. The van der Waals surface area contributed by atoms with Crippen LogP contribution in [0.1, 0.15) is 51.7 Å². The number of hydrogen-bond acceptors (Lipinski definition) is 0. The Morgan fingerprint density at radius 1 is 0.600 bits per heavy atom. The average molecular weight is 473 g/mol. The molecule has 0 nitrogen and oxygen atoms in total. The van der Waals surface area contributed by atoms with Crippen molar-refractivity contribution in [3.05, 3.63) is 114 Å². The van der Waals surface area contributed by atoms with Gasteiger partial charge in [-0.25, -0.2) is 0 Å². The summed E-state index contributed by atoms with van der Waals surface area (Å²) >= 11 is -1.90. The Bertz CT molecular complexity index is 983. The Morgan fingerprint density at radius 3 is 1.27 bits per heavy atom. The van der Waals surface area contributed by atoms with Crippen molar-refractivity contribution in [2.45, 2.75) is 40.5 Å². The van der Waals surface area contributed by atoms with E-state index in [9.17, 15) is 0 Å². The molecule has 3 heteroatoms. The van der Waals surface area contributed by atoms with Gasteiger partial charge in [0.05, 0.1) is 0 Å². The molecule has 0 atom stereocenters. The van der Waals surface area contributed by atoms with Gasteiger partial charge in [-0.1, -0.05) is 0 Å². The van der Waals surface area contributed by atoms with Crippen LogP contribution in [0.25, 0.3) is 0 Å². The van der Waals surface area contributed by atoms with Gasteiger partial charge >= 0.3 is 176 Å². The molecule has 0 aromatic heterocycles. The molecule has 4 rings (SSSR count). The molecule has 0 saturated carbocycles. The first-order chi connectivity index (χ1) is 13.5. The largest absolute Gasteiger partial charge is 0.147 e. The first-order valence-electron chi connectivity index (χ1n) is 10.1. The standard InChI is InChI=1S/C13H10.2C7H9.2ClH.Ti/c1-3-7-12(8-4-1)11-13-9-5-2-6-10-13;2*1-6-3-4-7(2)5-6;;;/h1-10H;2*5H,3H2,1-2H3;2*1H;. The van der Waals surface area contributed by atoms with E-state index in [2.05, 4.69) is 101 Å². The molecule has 0 heterocycles. The maximum Gasteiger partial charge on any atom is -0.147 e. The van der Waals surface area contributed by atoms with Gasteiger partial charge in [-0.2, -0.15) is 0 Å². The second-order valence-corrected chi connectivity index (χ2v) is 12.0. The molecule has 0 radical (unpaired) electrons. The smallest absolute Gasteiger partial charge is 0.147 e.